The number of benzene rings is 1. The van der Waals surface area contributed by atoms with Crippen molar-refractivity contribution in [1.82, 2.24) is 15.4 Å². The van der Waals surface area contributed by atoms with Crippen LogP contribution in [0.4, 0.5) is 0 Å². The maximum Gasteiger partial charge on any atom is 0.259 e. The van der Waals surface area contributed by atoms with Crippen molar-refractivity contribution in [2.75, 3.05) is 13.1 Å². The van der Waals surface area contributed by atoms with Gasteiger partial charge in [-0.15, -0.1) is 0 Å². The molecule has 1 N–H and O–H groups in total. The Morgan fingerprint density at radius 2 is 1.88 bits per heavy atom. The third kappa shape index (κ3) is 4.31. The Balaban J connectivity index is 1.45. The monoisotopic (exact) mass is 355 g/mol. The van der Waals surface area contributed by atoms with Crippen molar-refractivity contribution < 1.29 is 14.1 Å². The molecule has 1 aromatic carbocycles. The fourth-order valence-corrected chi connectivity index (χ4v) is 3.38. The van der Waals surface area contributed by atoms with Crippen LogP contribution in [0.5, 0.6) is 0 Å². The second-order valence-electron chi connectivity index (χ2n) is 6.82. The Labute approximate surface area is 153 Å². The maximum atomic E-state index is 12.6. The van der Waals surface area contributed by atoms with Gasteiger partial charge in [0.25, 0.3) is 5.91 Å². The van der Waals surface area contributed by atoms with E-state index in [4.69, 9.17) is 4.52 Å². The van der Waals surface area contributed by atoms with E-state index >= 15 is 0 Å². The number of hydrogen-bond acceptors (Lipinski definition) is 4. The molecule has 6 heteroatoms. The van der Waals surface area contributed by atoms with E-state index in [0.29, 0.717) is 36.5 Å². The molecule has 0 atom stereocenters. The van der Waals surface area contributed by atoms with Gasteiger partial charge in [-0.2, -0.15) is 0 Å². The molecule has 3 rings (SSSR count). The number of aryl methyl sites for hydroxylation is 3. The van der Waals surface area contributed by atoms with E-state index in [1.165, 1.54) is 5.56 Å². The molecule has 0 radical (unpaired) electrons. The van der Waals surface area contributed by atoms with Crippen molar-refractivity contribution in [2.24, 2.45) is 0 Å². The lowest BCUT2D eigenvalue weighted by atomic mass is 10.0. The minimum absolute atomic E-state index is 0.0323. The summed E-state index contributed by atoms with van der Waals surface area (Å²) in [6, 6.07) is 10.1. The summed E-state index contributed by atoms with van der Waals surface area (Å²) in [5.74, 6) is 0.600. The lowest BCUT2D eigenvalue weighted by Gasteiger charge is -2.32. The third-order valence-corrected chi connectivity index (χ3v) is 4.88. The molecule has 0 bridgehead atoms. The van der Waals surface area contributed by atoms with Crippen molar-refractivity contribution in [2.45, 2.75) is 45.6 Å². The number of amides is 2. The molecule has 138 valence electrons. The summed E-state index contributed by atoms with van der Waals surface area (Å²) >= 11 is 0. The van der Waals surface area contributed by atoms with Crippen molar-refractivity contribution >= 4 is 11.8 Å². The highest BCUT2D eigenvalue weighted by Crippen LogP contribution is 2.19. The van der Waals surface area contributed by atoms with Gasteiger partial charge in [0.15, 0.2) is 0 Å². The summed E-state index contributed by atoms with van der Waals surface area (Å²) < 4.78 is 5.09. The van der Waals surface area contributed by atoms with E-state index in [1.807, 2.05) is 35.2 Å². The van der Waals surface area contributed by atoms with Crippen molar-refractivity contribution in [3.8, 4) is 0 Å². The molecular formula is C20H25N3O3. The Kier molecular flexibility index (Phi) is 5.71. The van der Waals surface area contributed by atoms with Crippen LogP contribution in [0.3, 0.4) is 0 Å². The highest BCUT2D eigenvalue weighted by molar-refractivity contribution is 5.96. The molecule has 26 heavy (non-hydrogen) atoms. The van der Waals surface area contributed by atoms with Crippen LogP contribution in [0.1, 0.15) is 46.6 Å². The van der Waals surface area contributed by atoms with Gasteiger partial charge in [-0.25, -0.2) is 0 Å². The van der Waals surface area contributed by atoms with E-state index in [9.17, 15) is 9.59 Å². The highest BCUT2D eigenvalue weighted by Gasteiger charge is 2.28. The van der Waals surface area contributed by atoms with Crippen molar-refractivity contribution in [1.29, 1.82) is 0 Å². The third-order valence-electron chi connectivity index (χ3n) is 4.88. The summed E-state index contributed by atoms with van der Waals surface area (Å²) in [7, 11) is 0. The number of likely N-dealkylation sites (tertiary alicyclic amines) is 1. The molecule has 1 fully saturated rings. The smallest absolute Gasteiger partial charge is 0.259 e. The largest absolute Gasteiger partial charge is 0.361 e. The standard InChI is InChI=1S/C20H25N3O3/c1-14-19(15(2)26-22-14)20(25)23-12-10-17(11-13-23)21-18(24)9-8-16-6-4-3-5-7-16/h3-7,17H,8-13H2,1-2H3,(H,21,24). The fraction of sp³-hybridized carbons (Fsp3) is 0.450. The summed E-state index contributed by atoms with van der Waals surface area (Å²) in [5.41, 5.74) is 2.36. The Bertz CT molecular complexity index is 742. The molecule has 1 aliphatic heterocycles. The zero-order valence-corrected chi connectivity index (χ0v) is 15.3. The van der Waals surface area contributed by atoms with Gasteiger partial charge < -0.3 is 14.7 Å². The molecule has 0 saturated carbocycles. The number of carbonyl (C=O) groups excluding carboxylic acids is 2. The molecular weight excluding hydrogens is 330 g/mol. The van der Waals surface area contributed by atoms with Crippen molar-refractivity contribution in [3.05, 3.63) is 52.9 Å². The molecule has 1 aromatic heterocycles. The number of nitrogens with zero attached hydrogens (tertiary/aromatic N) is 2. The quantitative estimate of drug-likeness (QED) is 0.895. The van der Waals surface area contributed by atoms with Crippen molar-refractivity contribution in [3.63, 3.8) is 0 Å². The first kappa shape index (κ1) is 18.2. The van der Waals surface area contributed by atoms with Gasteiger partial charge >= 0.3 is 0 Å². The van der Waals surface area contributed by atoms with Gasteiger partial charge in [0.1, 0.15) is 11.3 Å². The summed E-state index contributed by atoms with van der Waals surface area (Å²) in [6.45, 7) is 4.80. The second kappa shape index (κ2) is 8.17. The minimum Gasteiger partial charge on any atom is -0.361 e. The topological polar surface area (TPSA) is 75.4 Å². The summed E-state index contributed by atoms with van der Waals surface area (Å²) in [6.07, 6.45) is 2.77. The SMILES string of the molecule is Cc1noc(C)c1C(=O)N1CCC(NC(=O)CCc2ccccc2)CC1. The highest BCUT2D eigenvalue weighted by atomic mass is 16.5. The van der Waals surface area contributed by atoms with E-state index in [0.717, 1.165) is 19.3 Å². The van der Waals surface area contributed by atoms with Crippen LogP contribution in [-0.4, -0.2) is 41.0 Å². The van der Waals surface area contributed by atoms with E-state index in [-0.39, 0.29) is 17.9 Å². The number of rotatable bonds is 5. The predicted molar refractivity (Wildman–Crippen MR) is 97.8 cm³/mol. The zero-order valence-electron chi connectivity index (χ0n) is 15.3. The van der Waals surface area contributed by atoms with E-state index < -0.39 is 0 Å². The molecule has 0 unspecified atom stereocenters. The van der Waals surface area contributed by atoms with Crippen LogP contribution in [0.2, 0.25) is 0 Å². The first-order valence-corrected chi connectivity index (χ1v) is 9.10. The average Bonchev–Trinajstić information content (AvgIpc) is 2.99. The second-order valence-corrected chi connectivity index (χ2v) is 6.82. The maximum absolute atomic E-state index is 12.6. The van der Waals surface area contributed by atoms with E-state index in [1.54, 1.807) is 13.8 Å². The zero-order chi connectivity index (χ0) is 18.5. The Morgan fingerprint density at radius 3 is 2.50 bits per heavy atom. The lowest BCUT2D eigenvalue weighted by molar-refractivity contribution is -0.122. The first-order valence-electron chi connectivity index (χ1n) is 9.10. The molecule has 1 aliphatic rings. The molecule has 2 aromatic rings. The van der Waals surface area contributed by atoms with Gasteiger partial charge in [0.05, 0.1) is 5.69 Å². The van der Waals surface area contributed by atoms with Crippen LogP contribution in [-0.2, 0) is 11.2 Å². The lowest BCUT2D eigenvalue weighted by Crippen LogP contribution is -2.46. The number of aromatic nitrogens is 1. The number of piperidine rings is 1. The molecule has 2 amide bonds. The first-order chi connectivity index (χ1) is 12.5. The molecule has 1 saturated heterocycles. The molecule has 6 nitrogen and oxygen atoms in total. The number of hydrogen-bond donors (Lipinski definition) is 1. The predicted octanol–water partition coefficient (Wildman–Crippen LogP) is 2.65. The van der Waals surface area contributed by atoms with Crippen LogP contribution in [0, 0.1) is 13.8 Å². The number of carbonyl (C=O) groups is 2. The molecule has 2 heterocycles. The van der Waals surface area contributed by atoms with Gasteiger partial charge in [-0.1, -0.05) is 35.5 Å². The van der Waals surface area contributed by atoms with Crippen LogP contribution in [0.25, 0.3) is 0 Å². The van der Waals surface area contributed by atoms with Crippen LogP contribution < -0.4 is 5.32 Å². The van der Waals surface area contributed by atoms with Crippen LogP contribution >= 0.6 is 0 Å². The van der Waals surface area contributed by atoms with Gasteiger partial charge in [-0.05, 0) is 38.7 Å². The van der Waals surface area contributed by atoms with Gasteiger partial charge in [0.2, 0.25) is 5.91 Å². The normalized spacial score (nSPS) is 15.1. The summed E-state index contributed by atoms with van der Waals surface area (Å²) in [5, 5.41) is 6.95. The van der Waals surface area contributed by atoms with E-state index in [2.05, 4.69) is 10.5 Å². The number of nitrogens with one attached hydrogen (secondary N) is 1. The average molecular weight is 355 g/mol. The Morgan fingerprint density at radius 1 is 1.19 bits per heavy atom. The molecule has 0 aliphatic carbocycles. The van der Waals surface area contributed by atoms with Gasteiger partial charge in [0, 0.05) is 25.6 Å². The Hall–Kier alpha value is -2.63. The van der Waals surface area contributed by atoms with Gasteiger partial charge in [-0.3, -0.25) is 9.59 Å². The molecule has 0 spiro atoms. The fourth-order valence-electron chi connectivity index (χ4n) is 3.38. The minimum atomic E-state index is -0.0323. The summed E-state index contributed by atoms with van der Waals surface area (Å²) in [4.78, 5) is 26.6. The van der Waals surface area contributed by atoms with Crippen LogP contribution in [0.15, 0.2) is 34.9 Å².